The van der Waals surface area contributed by atoms with Gasteiger partial charge in [-0.15, -0.1) is 0 Å². The molecule has 1 aromatic carbocycles. The standard InChI is InChI=1S/C15H15NO4/c1-15(2)6-5-9-3-4-10(7-12(9)19-15)13-8-11(14(17)18)16-20-13/h3-4,7-8H,5-6H2,1-2H3,(H,17,18). The summed E-state index contributed by atoms with van der Waals surface area (Å²) in [5, 5.41) is 12.4. The van der Waals surface area contributed by atoms with Gasteiger partial charge in [-0.05, 0) is 38.3 Å². The molecule has 0 aliphatic carbocycles. The molecule has 0 amide bonds. The Labute approximate surface area is 116 Å². The lowest BCUT2D eigenvalue weighted by Crippen LogP contribution is -2.32. The van der Waals surface area contributed by atoms with Crippen LogP contribution in [0.4, 0.5) is 0 Å². The Balaban J connectivity index is 1.97. The van der Waals surface area contributed by atoms with Gasteiger partial charge in [-0.3, -0.25) is 0 Å². The summed E-state index contributed by atoms with van der Waals surface area (Å²) in [6.45, 7) is 4.11. The summed E-state index contributed by atoms with van der Waals surface area (Å²) in [5.74, 6) is 0.152. The van der Waals surface area contributed by atoms with E-state index < -0.39 is 5.97 Å². The number of carbonyl (C=O) groups is 1. The van der Waals surface area contributed by atoms with Crippen molar-refractivity contribution < 1.29 is 19.2 Å². The quantitative estimate of drug-likeness (QED) is 0.910. The number of ether oxygens (including phenoxy) is 1. The van der Waals surface area contributed by atoms with Crippen LogP contribution in [-0.4, -0.2) is 21.8 Å². The van der Waals surface area contributed by atoms with E-state index in [4.69, 9.17) is 14.4 Å². The maximum Gasteiger partial charge on any atom is 0.358 e. The Hall–Kier alpha value is -2.30. The van der Waals surface area contributed by atoms with E-state index in [1.54, 1.807) is 0 Å². The Morgan fingerprint density at radius 3 is 2.85 bits per heavy atom. The molecule has 1 N–H and O–H groups in total. The molecule has 0 bridgehead atoms. The molecule has 1 aliphatic heterocycles. The molecule has 104 valence electrons. The number of aromatic carboxylic acids is 1. The maximum atomic E-state index is 10.8. The SMILES string of the molecule is CC1(C)CCc2ccc(-c3cc(C(=O)O)no3)cc2O1. The van der Waals surface area contributed by atoms with Crippen LogP contribution in [0.5, 0.6) is 5.75 Å². The van der Waals surface area contributed by atoms with Crippen LogP contribution < -0.4 is 4.74 Å². The minimum Gasteiger partial charge on any atom is -0.488 e. The summed E-state index contributed by atoms with van der Waals surface area (Å²) in [6, 6.07) is 7.18. The highest BCUT2D eigenvalue weighted by Crippen LogP contribution is 2.36. The van der Waals surface area contributed by atoms with Gasteiger partial charge in [0.25, 0.3) is 0 Å². The van der Waals surface area contributed by atoms with E-state index in [1.807, 2.05) is 18.2 Å². The van der Waals surface area contributed by atoms with Gasteiger partial charge in [-0.2, -0.15) is 0 Å². The number of aryl methyl sites for hydroxylation is 1. The number of rotatable bonds is 2. The fraction of sp³-hybridized carbons (Fsp3) is 0.333. The van der Waals surface area contributed by atoms with Crippen LogP contribution in [0.1, 0.15) is 36.3 Å². The molecule has 0 atom stereocenters. The molecule has 2 aromatic rings. The minimum atomic E-state index is -1.10. The zero-order chi connectivity index (χ0) is 14.3. The number of benzene rings is 1. The van der Waals surface area contributed by atoms with Crippen molar-refractivity contribution in [1.29, 1.82) is 0 Å². The van der Waals surface area contributed by atoms with Crippen LogP contribution in [-0.2, 0) is 6.42 Å². The van der Waals surface area contributed by atoms with Crippen molar-refractivity contribution in [3.63, 3.8) is 0 Å². The number of aromatic nitrogens is 1. The summed E-state index contributed by atoms with van der Waals surface area (Å²) < 4.78 is 11.0. The molecule has 5 nitrogen and oxygen atoms in total. The van der Waals surface area contributed by atoms with E-state index in [9.17, 15) is 4.79 Å². The van der Waals surface area contributed by atoms with Crippen LogP contribution in [0.25, 0.3) is 11.3 Å². The second-order valence-corrected chi connectivity index (χ2v) is 5.57. The van der Waals surface area contributed by atoms with E-state index in [2.05, 4.69) is 19.0 Å². The van der Waals surface area contributed by atoms with E-state index >= 15 is 0 Å². The van der Waals surface area contributed by atoms with E-state index in [1.165, 1.54) is 6.07 Å². The third-order valence-corrected chi connectivity index (χ3v) is 3.46. The Bertz CT molecular complexity index is 672. The molecule has 3 rings (SSSR count). The summed E-state index contributed by atoms with van der Waals surface area (Å²) >= 11 is 0. The van der Waals surface area contributed by atoms with Crippen LogP contribution in [0.2, 0.25) is 0 Å². The summed E-state index contributed by atoms with van der Waals surface area (Å²) in [7, 11) is 0. The first-order valence-electron chi connectivity index (χ1n) is 6.47. The van der Waals surface area contributed by atoms with Gasteiger partial charge in [0.1, 0.15) is 11.4 Å². The van der Waals surface area contributed by atoms with Crippen molar-refractivity contribution in [2.45, 2.75) is 32.3 Å². The van der Waals surface area contributed by atoms with Crippen molar-refractivity contribution in [2.24, 2.45) is 0 Å². The van der Waals surface area contributed by atoms with Crippen molar-refractivity contribution >= 4 is 5.97 Å². The lowest BCUT2D eigenvalue weighted by Gasteiger charge is -2.32. The fourth-order valence-electron chi connectivity index (χ4n) is 2.31. The monoisotopic (exact) mass is 273 g/mol. The number of fused-ring (bicyclic) bond motifs is 1. The van der Waals surface area contributed by atoms with Crippen molar-refractivity contribution in [2.75, 3.05) is 0 Å². The summed E-state index contributed by atoms with van der Waals surface area (Å²) in [5.41, 5.74) is 1.64. The van der Waals surface area contributed by atoms with Crippen LogP contribution in [0.3, 0.4) is 0 Å². The smallest absolute Gasteiger partial charge is 0.358 e. The molecular formula is C15H15NO4. The molecule has 0 saturated carbocycles. The predicted octanol–water partition coefficient (Wildman–Crippen LogP) is 3.14. The molecule has 1 aliphatic rings. The minimum absolute atomic E-state index is 0.0982. The third kappa shape index (κ3) is 2.27. The van der Waals surface area contributed by atoms with Gasteiger partial charge in [0.2, 0.25) is 0 Å². The Morgan fingerprint density at radius 2 is 2.15 bits per heavy atom. The van der Waals surface area contributed by atoms with Gasteiger partial charge in [0.05, 0.1) is 0 Å². The molecule has 1 aromatic heterocycles. The van der Waals surface area contributed by atoms with Crippen molar-refractivity contribution in [1.82, 2.24) is 5.16 Å². The normalized spacial score (nSPS) is 16.3. The van der Waals surface area contributed by atoms with Gasteiger partial charge >= 0.3 is 5.97 Å². The van der Waals surface area contributed by atoms with Gasteiger partial charge in [-0.1, -0.05) is 17.3 Å². The second kappa shape index (κ2) is 4.37. The van der Waals surface area contributed by atoms with Gasteiger partial charge in [-0.25, -0.2) is 4.79 Å². The van der Waals surface area contributed by atoms with Gasteiger partial charge < -0.3 is 14.4 Å². The Morgan fingerprint density at radius 1 is 1.35 bits per heavy atom. The number of carboxylic acids is 1. The topological polar surface area (TPSA) is 72.6 Å². The van der Waals surface area contributed by atoms with Crippen molar-refractivity contribution in [3.05, 3.63) is 35.5 Å². The first-order valence-corrected chi connectivity index (χ1v) is 6.47. The molecule has 20 heavy (non-hydrogen) atoms. The molecule has 5 heteroatoms. The van der Waals surface area contributed by atoms with Crippen LogP contribution in [0, 0.1) is 0 Å². The average Bonchev–Trinajstić information content (AvgIpc) is 2.86. The summed E-state index contributed by atoms with van der Waals surface area (Å²) in [6.07, 6.45) is 1.95. The predicted molar refractivity (Wildman–Crippen MR) is 71.9 cm³/mol. The lowest BCUT2D eigenvalue weighted by molar-refractivity contribution is 0.0685. The maximum absolute atomic E-state index is 10.8. The first-order chi connectivity index (χ1) is 9.44. The van der Waals surface area contributed by atoms with Gasteiger partial charge in [0.15, 0.2) is 11.5 Å². The number of carboxylic acid groups (broad SMARTS) is 1. The average molecular weight is 273 g/mol. The second-order valence-electron chi connectivity index (χ2n) is 5.57. The highest BCUT2D eigenvalue weighted by atomic mass is 16.5. The Kier molecular flexibility index (Phi) is 2.78. The number of nitrogens with zero attached hydrogens (tertiary/aromatic N) is 1. The van der Waals surface area contributed by atoms with E-state index in [0.29, 0.717) is 5.76 Å². The zero-order valence-corrected chi connectivity index (χ0v) is 11.3. The summed E-state index contributed by atoms with van der Waals surface area (Å²) in [4.78, 5) is 10.8. The third-order valence-electron chi connectivity index (χ3n) is 3.46. The fourth-order valence-corrected chi connectivity index (χ4v) is 2.31. The molecule has 0 unspecified atom stereocenters. The molecule has 0 saturated heterocycles. The number of hydrogen-bond acceptors (Lipinski definition) is 4. The zero-order valence-electron chi connectivity index (χ0n) is 11.3. The molecular weight excluding hydrogens is 258 g/mol. The molecule has 0 spiro atoms. The van der Waals surface area contributed by atoms with Crippen LogP contribution >= 0.6 is 0 Å². The van der Waals surface area contributed by atoms with E-state index in [0.717, 1.165) is 29.7 Å². The molecule has 0 radical (unpaired) electrons. The molecule has 2 heterocycles. The highest BCUT2D eigenvalue weighted by molar-refractivity contribution is 5.86. The van der Waals surface area contributed by atoms with Crippen LogP contribution in [0.15, 0.2) is 28.8 Å². The molecule has 0 fully saturated rings. The first kappa shape index (κ1) is 12.7. The van der Waals surface area contributed by atoms with Crippen molar-refractivity contribution in [3.8, 4) is 17.1 Å². The van der Waals surface area contributed by atoms with E-state index in [-0.39, 0.29) is 11.3 Å². The highest BCUT2D eigenvalue weighted by Gasteiger charge is 2.27. The largest absolute Gasteiger partial charge is 0.488 e. The lowest BCUT2D eigenvalue weighted by atomic mass is 9.93. The van der Waals surface area contributed by atoms with Gasteiger partial charge in [0, 0.05) is 11.6 Å². The number of hydrogen-bond donors (Lipinski definition) is 1.